The largest absolute Gasteiger partial charge is 0.384 e. The summed E-state index contributed by atoms with van der Waals surface area (Å²) in [7, 11) is 0. The second-order valence-electron chi connectivity index (χ2n) is 7.62. The molecule has 3 aromatic rings. The lowest BCUT2D eigenvalue weighted by atomic mass is 9.96. The van der Waals surface area contributed by atoms with Gasteiger partial charge in [-0.3, -0.25) is 4.79 Å². The van der Waals surface area contributed by atoms with Crippen molar-refractivity contribution in [3.05, 3.63) is 47.9 Å². The van der Waals surface area contributed by atoms with Gasteiger partial charge in [0.1, 0.15) is 23.2 Å². The number of para-hydroxylation sites is 1. The normalized spacial score (nSPS) is 14.6. The van der Waals surface area contributed by atoms with E-state index in [-0.39, 0.29) is 11.6 Å². The summed E-state index contributed by atoms with van der Waals surface area (Å²) in [6.45, 7) is 3.73. The van der Waals surface area contributed by atoms with Gasteiger partial charge in [0.2, 0.25) is 0 Å². The Labute approximate surface area is 179 Å². The summed E-state index contributed by atoms with van der Waals surface area (Å²) < 4.78 is 14.7. The van der Waals surface area contributed by atoms with Crippen molar-refractivity contribution in [2.45, 2.75) is 19.8 Å². The molecule has 0 atom stereocenters. The number of anilines is 3. The number of hydrogen-bond donors (Lipinski definition) is 4. The van der Waals surface area contributed by atoms with Crippen molar-refractivity contribution in [3.8, 4) is 11.4 Å². The lowest BCUT2D eigenvalue weighted by molar-refractivity contribution is 0.101. The zero-order chi connectivity index (χ0) is 22.0. The predicted octanol–water partition coefficient (Wildman–Crippen LogP) is 2.32. The Morgan fingerprint density at radius 2 is 2.03 bits per heavy atom. The van der Waals surface area contributed by atoms with Crippen molar-refractivity contribution in [2.24, 2.45) is 11.7 Å². The molecule has 1 aliphatic rings. The first-order chi connectivity index (χ1) is 14.9. The summed E-state index contributed by atoms with van der Waals surface area (Å²) in [5, 5.41) is 2.78. The molecule has 162 valence electrons. The topological polar surface area (TPSA) is 139 Å². The molecule has 6 N–H and O–H groups in total. The number of carbonyl (C=O) groups is 1. The van der Waals surface area contributed by atoms with Crippen LogP contribution in [0.25, 0.3) is 11.4 Å². The average Bonchev–Trinajstić information content (AvgIpc) is 3.24. The molecule has 0 saturated carbocycles. The number of nitrogens with two attached hydrogens (primary N) is 2. The van der Waals surface area contributed by atoms with Gasteiger partial charge in [0.05, 0.1) is 17.1 Å². The molecule has 1 amide bonds. The Morgan fingerprint density at radius 1 is 1.26 bits per heavy atom. The van der Waals surface area contributed by atoms with Gasteiger partial charge in [-0.05, 0) is 44.4 Å². The number of nitrogens with zero attached hydrogens (tertiary/aromatic N) is 4. The number of nitrogens with one attached hydrogen (secondary N) is 2. The van der Waals surface area contributed by atoms with Gasteiger partial charge in [0.15, 0.2) is 5.82 Å². The lowest BCUT2D eigenvalue weighted by Crippen LogP contribution is -2.37. The molecule has 1 fully saturated rings. The van der Waals surface area contributed by atoms with E-state index < -0.39 is 5.91 Å². The minimum atomic E-state index is -0.478. The summed E-state index contributed by atoms with van der Waals surface area (Å²) in [6, 6.07) is 6.23. The summed E-state index contributed by atoms with van der Waals surface area (Å²) in [5.41, 5.74) is 13.3. The van der Waals surface area contributed by atoms with Gasteiger partial charge in [-0.25, -0.2) is 19.3 Å². The van der Waals surface area contributed by atoms with Crippen molar-refractivity contribution >= 4 is 23.1 Å². The first kappa shape index (κ1) is 20.7. The van der Waals surface area contributed by atoms with Gasteiger partial charge in [0, 0.05) is 25.4 Å². The third-order valence-corrected chi connectivity index (χ3v) is 5.41. The number of aryl methyl sites for hydroxylation is 1. The number of aromatic amines is 1. The second-order valence-corrected chi connectivity index (χ2v) is 7.62. The van der Waals surface area contributed by atoms with E-state index in [0.29, 0.717) is 60.0 Å². The zero-order valence-electron chi connectivity index (χ0n) is 17.2. The van der Waals surface area contributed by atoms with Crippen LogP contribution in [-0.2, 0) is 0 Å². The molecule has 9 nitrogen and oxygen atoms in total. The van der Waals surface area contributed by atoms with E-state index in [0.717, 1.165) is 12.8 Å². The second kappa shape index (κ2) is 8.68. The van der Waals surface area contributed by atoms with E-state index in [1.54, 1.807) is 31.3 Å². The van der Waals surface area contributed by atoms with Gasteiger partial charge >= 0.3 is 0 Å². The number of hydrogen-bond acceptors (Lipinski definition) is 7. The fraction of sp³-hybridized carbons (Fsp3) is 0.333. The quantitative estimate of drug-likeness (QED) is 0.493. The van der Waals surface area contributed by atoms with Crippen LogP contribution in [0.2, 0.25) is 0 Å². The Kier molecular flexibility index (Phi) is 5.81. The predicted molar refractivity (Wildman–Crippen MR) is 117 cm³/mol. The molecule has 1 saturated heterocycles. The van der Waals surface area contributed by atoms with Crippen LogP contribution in [0.4, 0.5) is 21.6 Å². The van der Waals surface area contributed by atoms with E-state index in [4.69, 9.17) is 11.5 Å². The molecule has 1 aromatic carbocycles. The number of halogens is 1. The third-order valence-electron chi connectivity index (χ3n) is 5.41. The molecule has 0 radical (unpaired) electrons. The number of aromatic nitrogens is 4. The maximum atomic E-state index is 14.7. The molecule has 31 heavy (non-hydrogen) atoms. The Hall–Kier alpha value is -3.53. The van der Waals surface area contributed by atoms with Crippen LogP contribution >= 0.6 is 0 Å². The molecule has 0 aliphatic carbocycles. The van der Waals surface area contributed by atoms with E-state index in [1.807, 2.05) is 4.90 Å². The summed E-state index contributed by atoms with van der Waals surface area (Å²) in [4.78, 5) is 30.2. The lowest BCUT2D eigenvalue weighted by Gasteiger charge is -2.34. The Morgan fingerprint density at radius 3 is 2.74 bits per heavy atom. The number of amides is 1. The van der Waals surface area contributed by atoms with Gasteiger partial charge in [0.25, 0.3) is 5.91 Å². The van der Waals surface area contributed by atoms with Gasteiger partial charge in [-0.1, -0.05) is 6.07 Å². The maximum absolute atomic E-state index is 14.7. The molecule has 0 unspecified atom stereocenters. The summed E-state index contributed by atoms with van der Waals surface area (Å²) >= 11 is 0. The number of H-pyrrole nitrogens is 1. The average molecular weight is 424 g/mol. The SMILES string of the molecule is Cc1nc(N)cc(-c2c[nH]c(C(=O)Nc3cccc(F)c3N3CCC(CN)CC3)n2)n1. The maximum Gasteiger partial charge on any atom is 0.291 e. The van der Waals surface area contributed by atoms with Crippen LogP contribution in [0.5, 0.6) is 0 Å². The molecule has 0 spiro atoms. The fourth-order valence-electron chi connectivity index (χ4n) is 3.80. The highest BCUT2D eigenvalue weighted by atomic mass is 19.1. The molecule has 2 aromatic heterocycles. The van der Waals surface area contributed by atoms with E-state index in [1.165, 1.54) is 6.07 Å². The van der Waals surface area contributed by atoms with Crippen LogP contribution in [0.3, 0.4) is 0 Å². The molecule has 4 rings (SSSR count). The van der Waals surface area contributed by atoms with Crippen molar-refractivity contribution in [3.63, 3.8) is 0 Å². The summed E-state index contributed by atoms with van der Waals surface area (Å²) in [5.74, 6) is 0.500. The third kappa shape index (κ3) is 4.48. The Balaban J connectivity index is 1.54. The number of benzene rings is 1. The van der Waals surface area contributed by atoms with Gasteiger partial charge < -0.3 is 26.7 Å². The van der Waals surface area contributed by atoms with Crippen LogP contribution in [0, 0.1) is 18.7 Å². The number of nitrogen functional groups attached to an aromatic ring is 1. The standard InChI is InChI=1S/C21H25FN8O/c1-12-26-16(9-18(24)27-12)17-11-25-20(28-17)21(31)29-15-4-2-3-14(22)19(15)30-7-5-13(10-23)6-8-30/h2-4,9,11,13H,5-8,10,23H2,1H3,(H,25,28)(H,29,31)(H2,24,26,27). The highest BCUT2D eigenvalue weighted by Gasteiger charge is 2.24. The summed E-state index contributed by atoms with van der Waals surface area (Å²) in [6.07, 6.45) is 3.35. The van der Waals surface area contributed by atoms with Crippen LogP contribution in [0.15, 0.2) is 30.5 Å². The van der Waals surface area contributed by atoms with E-state index in [2.05, 4.69) is 25.3 Å². The van der Waals surface area contributed by atoms with E-state index in [9.17, 15) is 9.18 Å². The van der Waals surface area contributed by atoms with Gasteiger partial charge in [-0.2, -0.15) is 0 Å². The van der Waals surface area contributed by atoms with E-state index >= 15 is 0 Å². The number of imidazole rings is 1. The zero-order valence-corrected chi connectivity index (χ0v) is 17.2. The molecule has 0 bridgehead atoms. The van der Waals surface area contributed by atoms with Crippen molar-refractivity contribution in [1.82, 2.24) is 19.9 Å². The van der Waals surface area contributed by atoms with Gasteiger partial charge in [-0.15, -0.1) is 0 Å². The first-order valence-electron chi connectivity index (χ1n) is 10.2. The molecular weight excluding hydrogens is 399 g/mol. The highest BCUT2D eigenvalue weighted by molar-refractivity contribution is 6.04. The molecule has 1 aliphatic heterocycles. The van der Waals surface area contributed by atoms with Crippen LogP contribution in [0.1, 0.15) is 29.3 Å². The molecular formula is C21H25FN8O. The highest BCUT2D eigenvalue weighted by Crippen LogP contribution is 2.32. The fourth-order valence-corrected chi connectivity index (χ4v) is 3.80. The van der Waals surface area contributed by atoms with Crippen LogP contribution < -0.4 is 21.7 Å². The number of rotatable bonds is 5. The Bertz CT molecular complexity index is 1070. The molecule has 10 heteroatoms. The number of piperidine rings is 1. The van der Waals surface area contributed by atoms with Crippen LogP contribution in [-0.4, -0.2) is 45.5 Å². The monoisotopic (exact) mass is 424 g/mol. The molecule has 3 heterocycles. The minimum Gasteiger partial charge on any atom is -0.384 e. The van der Waals surface area contributed by atoms with Crippen molar-refractivity contribution < 1.29 is 9.18 Å². The van der Waals surface area contributed by atoms with Crippen molar-refractivity contribution in [1.29, 1.82) is 0 Å². The van der Waals surface area contributed by atoms with Crippen molar-refractivity contribution in [2.75, 3.05) is 35.6 Å². The minimum absolute atomic E-state index is 0.0851. The number of carbonyl (C=O) groups excluding carboxylic acids is 1. The smallest absolute Gasteiger partial charge is 0.291 e. The first-order valence-corrected chi connectivity index (χ1v) is 10.2.